The predicted octanol–water partition coefficient (Wildman–Crippen LogP) is 1.50. The van der Waals surface area contributed by atoms with Crippen molar-refractivity contribution in [3.63, 3.8) is 0 Å². The minimum Gasteiger partial charge on any atom is -0.340 e. The van der Waals surface area contributed by atoms with Crippen molar-refractivity contribution in [2.24, 2.45) is 17.6 Å². The van der Waals surface area contributed by atoms with E-state index in [1.165, 1.54) is 5.56 Å². The highest BCUT2D eigenvalue weighted by molar-refractivity contribution is 5.85. The first-order valence-corrected chi connectivity index (χ1v) is 8.65. The van der Waals surface area contributed by atoms with Crippen LogP contribution in [0.4, 0.5) is 0 Å². The summed E-state index contributed by atoms with van der Waals surface area (Å²) in [6.07, 6.45) is 0.857. The van der Waals surface area contributed by atoms with E-state index < -0.39 is 0 Å². The van der Waals surface area contributed by atoms with Gasteiger partial charge in [0.05, 0.1) is 0 Å². The Bertz CT molecular complexity index is 539. The lowest BCUT2D eigenvalue weighted by Crippen LogP contribution is -2.45. The highest BCUT2D eigenvalue weighted by atomic mass is 35.5. The van der Waals surface area contributed by atoms with E-state index in [-0.39, 0.29) is 24.4 Å². The average Bonchev–Trinajstić information content (AvgIpc) is 3.22. The Balaban J connectivity index is 0.00000208. The summed E-state index contributed by atoms with van der Waals surface area (Å²) in [4.78, 5) is 14.8. The van der Waals surface area contributed by atoms with Crippen LogP contribution in [0.25, 0.3) is 0 Å². The Hall–Kier alpha value is -1.14. The number of carbonyl (C=O) groups excluding carboxylic acids is 1. The largest absolute Gasteiger partial charge is 0.340 e. The molecule has 24 heavy (non-hydrogen) atoms. The number of nitrogens with one attached hydrogen (secondary N) is 2. The van der Waals surface area contributed by atoms with Crippen LogP contribution in [0.5, 0.6) is 0 Å². The Kier molecular flexibility index (Phi) is 6.63. The van der Waals surface area contributed by atoms with Gasteiger partial charge < -0.3 is 10.6 Å². The lowest BCUT2D eigenvalue weighted by molar-refractivity contribution is -0.132. The molecule has 134 valence electrons. The lowest BCUT2D eigenvalue weighted by Gasteiger charge is -2.20. The van der Waals surface area contributed by atoms with E-state index in [0.717, 1.165) is 19.5 Å². The van der Waals surface area contributed by atoms with Crippen LogP contribution < -0.4 is 16.6 Å². The van der Waals surface area contributed by atoms with E-state index in [1.807, 2.05) is 11.0 Å². The van der Waals surface area contributed by atoms with Crippen LogP contribution >= 0.6 is 12.4 Å². The first-order chi connectivity index (χ1) is 11.1. The minimum atomic E-state index is -0.115. The molecule has 3 rings (SSSR count). The summed E-state index contributed by atoms with van der Waals surface area (Å²) < 4.78 is 0. The zero-order chi connectivity index (χ0) is 16.4. The molecule has 4 atom stereocenters. The third-order valence-corrected chi connectivity index (χ3v) is 5.32. The Morgan fingerprint density at radius 2 is 1.96 bits per heavy atom. The van der Waals surface area contributed by atoms with Gasteiger partial charge in [0.1, 0.15) is 6.04 Å². The van der Waals surface area contributed by atoms with Gasteiger partial charge in [-0.1, -0.05) is 44.2 Å². The Morgan fingerprint density at radius 3 is 2.54 bits per heavy atom. The fourth-order valence-corrected chi connectivity index (χ4v) is 3.77. The molecule has 1 aromatic rings. The fraction of sp³-hybridized carbons (Fsp3) is 0.611. The van der Waals surface area contributed by atoms with Crippen molar-refractivity contribution in [1.29, 1.82) is 0 Å². The Morgan fingerprint density at radius 1 is 1.25 bits per heavy atom. The fourth-order valence-electron chi connectivity index (χ4n) is 3.77. The van der Waals surface area contributed by atoms with Crippen molar-refractivity contribution in [1.82, 2.24) is 15.8 Å². The molecule has 2 saturated heterocycles. The van der Waals surface area contributed by atoms with Crippen molar-refractivity contribution in [2.75, 3.05) is 19.6 Å². The summed E-state index contributed by atoms with van der Waals surface area (Å²) in [6, 6.07) is 10.7. The number of halogens is 1. The van der Waals surface area contributed by atoms with Crippen LogP contribution in [0, 0.1) is 11.8 Å². The maximum absolute atomic E-state index is 12.8. The smallest absolute Gasteiger partial charge is 0.241 e. The number of nitrogens with zero attached hydrogens (tertiary/aromatic N) is 1. The number of benzene rings is 1. The molecule has 4 N–H and O–H groups in total. The molecule has 1 amide bonds. The van der Waals surface area contributed by atoms with Gasteiger partial charge in [-0.25, -0.2) is 5.43 Å². The lowest BCUT2D eigenvalue weighted by atomic mass is 9.89. The summed E-state index contributed by atoms with van der Waals surface area (Å²) in [6.45, 7) is 6.51. The highest BCUT2D eigenvalue weighted by Gasteiger charge is 2.39. The molecule has 2 fully saturated rings. The van der Waals surface area contributed by atoms with Crippen molar-refractivity contribution in [3.05, 3.63) is 35.9 Å². The van der Waals surface area contributed by atoms with E-state index in [4.69, 9.17) is 5.73 Å². The molecule has 0 saturated carbocycles. The molecule has 2 aliphatic rings. The zero-order valence-corrected chi connectivity index (χ0v) is 15.3. The summed E-state index contributed by atoms with van der Waals surface area (Å²) in [5.41, 5.74) is 13.7. The number of hydrogen-bond donors (Lipinski definition) is 3. The molecule has 0 spiro atoms. The molecule has 2 aliphatic heterocycles. The molecular formula is C18H29ClN4O. The van der Waals surface area contributed by atoms with Crippen LogP contribution in [0.15, 0.2) is 30.3 Å². The number of carbonyl (C=O) groups is 1. The van der Waals surface area contributed by atoms with Gasteiger partial charge >= 0.3 is 0 Å². The number of nitrogens with two attached hydrogens (primary N) is 1. The van der Waals surface area contributed by atoms with E-state index in [0.29, 0.717) is 30.3 Å². The molecule has 2 unspecified atom stereocenters. The topological polar surface area (TPSA) is 70.4 Å². The molecule has 5 nitrogen and oxygen atoms in total. The van der Waals surface area contributed by atoms with E-state index in [1.54, 1.807) is 0 Å². The van der Waals surface area contributed by atoms with Crippen molar-refractivity contribution in [2.45, 2.75) is 38.3 Å². The Labute approximate surface area is 150 Å². The van der Waals surface area contributed by atoms with E-state index in [2.05, 4.69) is 49.0 Å². The number of rotatable bonds is 4. The molecule has 0 aromatic heterocycles. The SMILES string of the molecule is CC(C)C1CC(C(=O)N2C[C@@H](CN)[C@H](c3ccccc3)C2)NN1.Cl. The molecule has 1 aromatic carbocycles. The van der Waals surface area contributed by atoms with Gasteiger partial charge in [0, 0.05) is 25.0 Å². The van der Waals surface area contributed by atoms with Crippen LogP contribution in [0.1, 0.15) is 31.7 Å². The van der Waals surface area contributed by atoms with Crippen LogP contribution in [0.2, 0.25) is 0 Å². The van der Waals surface area contributed by atoms with Gasteiger partial charge in [0.15, 0.2) is 0 Å². The normalized spacial score (nSPS) is 29.8. The third kappa shape index (κ3) is 3.91. The van der Waals surface area contributed by atoms with Gasteiger partial charge in [0.2, 0.25) is 5.91 Å². The van der Waals surface area contributed by atoms with Gasteiger partial charge in [0.25, 0.3) is 0 Å². The summed E-state index contributed by atoms with van der Waals surface area (Å²) in [7, 11) is 0. The molecule has 0 aliphatic carbocycles. The standard InChI is InChI=1S/C18H28N4O.ClH/c1-12(2)16-8-17(21-20-16)18(23)22-10-14(9-19)15(11-22)13-6-4-3-5-7-13;/h3-7,12,14-17,20-21H,8-11,19H2,1-2H3;1H/t14-,15+,16?,17?;/m1./s1. The maximum Gasteiger partial charge on any atom is 0.241 e. The van der Waals surface area contributed by atoms with E-state index in [9.17, 15) is 4.79 Å². The van der Waals surface area contributed by atoms with E-state index >= 15 is 0 Å². The summed E-state index contributed by atoms with van der Waals surface area (Å²) >= 11 is 0. The summed E-state index contributed by atoms with van der Waals surface area (Å²) in [5, 5.41) is 0. The molecular weight excluding hydrogens is 324 g/mol. The number of amides is 1. The quantitative estimate of drug-likeness (QED) is 0.768. The first kappa shape index (κ1) is 19.2. The van der Waals surface area contributed by atoms with Crippen molar-refractivity contribution in [3.8, 4) is 0 Å². The minimum absolute atomic E-state index is 0. The third-order valence-electron chi connectivity index (χ3n) is 5.32. The molecule has 0 bridgehead atoms. The number of likely N-dealkylation sites (tertiary alicyclic amines) is 1. The monoisotopic (exact) mass is 352 g/mol. The second-order valence-electron chi connectivity index (χ2n) is 7.18. The molecule has 6 heteroatoms. The first-order valence-electron chi connectivity index (χ1n) is 8.65. The second-order valence-corrected chi connectivity index (χ2v) is 7.18. The van der Waals surface area contributed by atoms with Crippen molar-refractivity contribution < 1.29 is 4.79 Å². The van der Waals surface area contributed by atoms with Gasteiger partial charge in [-0.2, -0.15) is 0 Å². The highest BCUT2D eigenvalue weighted by Crippen LogP contribution is 2.32. The summed E-state index contributed by atoms with van der Waals surface area (Å²) in [5.74, 6) is 1.42. The average molecular weight is 353 g/mol. The van der Waals surface area contributed by atoms with Crippen LogP contribution in [-0.2, 0) is 4.79 Å². The molecule has 0 radical (unpaired) electrons. The predicted molar refractivity (Wildman–Crippen MR) is 98.9 cm³/mol. The van der Waals surface area contributed by atoms with Gasteiger partial charge in [-0.3, -0.25) is 10.2 Å². The zero-order valence-electron chi connectivity index (χ0n) is 14.4. The number of hydrazine groups is 1. The van der Waals surface area contributed by atoms with Crippen LogP contribution in [-0.4, -0.2) is 42.5 Å². The van der Waals surface area contributed by atoms with Crippen LogP contribution in [0.3, 0.4) is 0 Å². The van der Waals surface area contributed by atoms with Gasteiger partial charge in [-0.05, 0) is 30.4 Å². The second kappa shape index (κ2) is 8.30. The number of hydrogen-bond acceptors (Lipinski definition) is 4. The van der Waals surface area contributed by atoms with Gasteiger partial charge in [-0.15, -0.1) is 12.4 Å². The van der Waals surface area contributed by atoms with Crippen molar-refractivity contribution >= 4 is 18.3 Å². The maximum atomic E-state index is 12.8. The molecule has 2 heterocycles.